The Bertz CT molecular complexity index is 802. The van der Waals surface area contributed by atoms with E-state index in [1.54, 1.807) is 18.9 Å². The zero-order valence-electron chi connectivity index (χ0n) is 12.0. The first-order valence-electron chi connectivity index (χ1n) is 6.65. The molecule has 3 aromatic rings. The number of nitrogens with zero attached hydrogens (tertiary/aromatic N) is 1. The van der Waals surface area contributed by atoms with Crippen LogP contribution in [0.2, 0.25) is 0 Å². The van der Waals surface area contributed by atoms with E-state index in [9.17, 15) is 0 Å². The molecule has 0 bridgehead atoms. The van der Waals surface area contributed by atoms with E-state index in [1.165, 1.54) is 0 Å². The standard InChI is InChI=1S/C17H16N2OS/c1-11-9-12-13(10-19-11)14(18)7-8-16(12)21-17-6-4-3-5-15(17)20-2/h3-10H,18H2,1-2H3. The van der Waals surface area contributed by atoms with E-state index in [0.29, 0.717) is 0 Å². The molecule has 21 heavy (non-hydrogen) atoms. The highest BCUT2D eigenvalue weighted by Gasteiger charge is 2.09. The van der Waals surface area contributed by atoms with E-state index in [1.807, 2.05) is 43.5 Å². The molecule has 0 aliphatic rings. The minimum Gasteiger partial charge on any atom is -0.496 e. The average molecular weight is 296 g/mol. The zero-order valence-corrected chi connectivity index (χ0v) is 12.8. The first-order chi connectivity index (χ1) is 10.2. The smallest absolute Gasteiger partial charge is 0.132 e. The predicted octanol–water partition coefficient (Wildman–Crippen LogP) is 4.29. The third-order valence-electron chi connectivity index (χ3n) is 3.32. The molecule has 0 amide bonds. The molecule has 2 N–H and O–H groups in total. The molecule has 0 spiro atoms. The van der Waals surface area contributed by atoms with Crippen molar-refractivity contribution in [3.05, 3.63) is 54.4 Å². The first kappa shape index (κ1) is 13.8. The molecule has 0 fully saturated rings. The SMILES string of the molecule is COc1ccccc1Sc1ccc(N)c2cnc(C)cc12. The van der Waals surface area contributed by atoms with Crippen molar-refractivity contribution in [3.63, 3.8) is 0 Å². The van der Waals surface area contributed by atoms with Crippen molar-refractivity contribution < 1.29 is 4.74 Å². The zero-order chi connectivity index (χ0) is 14.8. The molecule has 0 aliphatic carbocycles. The van der Waals surface area contributed by atoms with Crippen LogP contribution in [0.15, 0.2) is 58.5 Å². The molecule has 3 rings (SSSR count). The largest absolute Gasteiger partial charge is 0.496 e. The summed E-state index contributed by atoms with van der Waals surface area (Å²) in [5.74, 6) is 0.873. The molecule has 0 atom stereocenters. The van der Waals surface area contributed by atoms with Crippen molar-refractivity contribution in [2.75, 3.05) is 12.8 Å². The van der Waals surface area contributed by atoms with Gasteiger partial charge in [0.25, 0.3) is 0 Å². The van der Waals surface area contributed by atoms with Crippen LogP contribution >= 0.6 is 11.8 Å². The van der Waals surface area contributed by atoms with Crippen LogP contribution in [0.25, 0.3) is 10.8 Å². The minimum absolute atomic E-state index is 0.752. The van der Waals surface area contributed by atoms with Crippen LogP contribution < -0.4 is 10.5 Å². The summed E-state index contributed by atoms with van der Waals surface area (Å²) in [4.78, 5) is 6.57. The van der Waals surface area contributed by atoms with Crippen LogP contribution in [-0.4, -0.2) is 12.1 Å². The second kappa shape index (κ2) is 5.66. The molecule has 3 nitrogen and oxygen atoms in total. The molecule has 0 unspecified atom stereocenters. The van der Waals surface area contributed by atoms with Crippen LogP contribution in [0.1, 0.15) is 5.69 Å². The van der Waals surface area contributed by atoms with Gasteiger partial charge >= 0.3 is 0 Å². The first-order valence-corrected chi connectivity index (χ1v) is 7.46. The van der Waals surface area contributed by atoms with E-state index in [-0.39, 0.29) is 0 Å². The number of fused-ring (bicyclic) bond motifs is 1. The fourth-order valence-electron chi connectivity index (χ4n) is 2.25. The highest BCUT2D eigenvalue weighted by Crippen LogP contribution is 2.39. The fraction of sp³-hybridized carbons (Fsp3) is 0.118. The number of aromatic nitrogens is 1. The number of anilines is 1. The molecular formula is C17H16N2OS. The lowest BCUT2D eigenvalue weighted by molar-refractivity contribution is 0.405. The third-order valence-corrected chi connectivity index (χ3v) is 4.45. The second-order valence-corrected chi connectivity index (χ2v) is 5.86. The molecule has 1 aromatic heterocycles. The second-order valence-electron chi connectivity index (χ2n) is 4.78. The van der Waals surface area contributed by atoms with Gasteiger partial charge in [0, 0.05) is 33.2 Å². The van der Waals surface area contributed by atoms with Crippen molar-refractivity contribution in [3.8, 4) is 5.75 Å². The lowest BCUT2D eigenvalue weighted by Gasteiger charge is -2.11. The van der Waals surface area contributed by atoms with E-state index >= 15 is 0 Å². The number of ether oxygens (including phenoxy) is 1. The van der Waals surface area contributed by atoms with Gasteiger partial charge in [-0.05, 0) is 37.3 Å². The molecule has 1 heterocycles. The Morgan fingerprint density at radius 1 is 1.05 bits per heavy atom. The van der Waals surface area contributed by atoms with E-state index < -0.39 is 0 Å². The number of para-hydroxylation sites is 1. The number of nitrogens with two attached hydrogens (primary N) is 1. The Hall–Kier alpha value is -2.20. The normalized spacial score (nSPS) is 10.8. The van der Waals surface area contributed by atoms with Gasteiger partial charge < -0.3 is 10.5 Å². The Kier molecular flexibility index (Phi) is 3.71. The number of benzene rings is 2. The van der Waals surface area contributed by atoms with Gasteiger partial charge in [-0.15, -0.1) is 0 Å². The number of aryl methyl sites for hydroxylation is 1. The van der Waals surface area contributed by atoms with Crippen LogP contribution in [0.5, 0.6) is 5.75 Å². The van der Waals surface area contributed by atoms with Crippen LogP contribution in [0.3, 0.4) is 0 Å². The van der Waals surface area contributed by atoms with Gasteiger partial charge in [0.2, 0.25) is 0 Å². The molecule has 0 aliphatic heterocycles. The third kappa shape index (κ3) is 2.67. The average Bonchev–Trinajstić information content (AvgIpc) is 2.50. The number of methoxy groups -OCH3 is 1. The monoisotopic (exact) mass is 296 g/mol. The summed E-state index contributed by atoms with van der Waals surface area (Å²) in [6, 6.07) is 14.1. The Morgan fingerprint density at radius 3 is 2.67 bits per heavy atom. The van der Waals surface area contributed by atoms with Gasteiger partial charge in [-0.3, -0.25) is 4.98 Å². The molecule has 0 saturated heterocycles. The number of pyridine rings is 1. The van der Waals surface area contributed by atoms with E-state index in [4.69, 9.17) is 10.5 Å². The van der Waals surface area contributed by atoms with Crippen LogP contribution in [0.4, 0.5) is 5.69 Å². The topological polar surface area (TPSA) is 48.1 Å². The molecular weight excluding hydrogens is 280 g/mol. The lowest BCUT2D eigenvalue weighted by Crippen LogP contribution is -1.91. The number of nitrogen functional groups attached to an aromatic ring is 1. The number of hydrogen-bond donors (Lipinski definition) is 1. The molecule has 2 aromatic carbocycles. The maximum Gasteiger partial charge on any atom is 0.132 e. The van der Waals surface area contributed by atoms with Crippen molar-refractivity contribution in [1.29, 1.82) is 0 Å². The van der Waals surface area contributed by atoms with Gasteiger partial charge in [0.1, 0.15) is 5.75 Å². The minimum atomic E-state index is 0.752. The Morgan fingerprint density at radius 2 is 1.86 bits per heavy atom. The van der Waals surface area contributed by atoms with Crippen molar-refractivity contribution in [2.45, 2.75) is 16.7 Å². The van der Waals surface area contributed by atoms with Crippen LogP contribution in [0, 0.1) is 6.92 Å². The molecule has 0 saturated carbocycles. The van der Waals surface area contributed by atoms with Gasteiger partial charge in [-0.1, -0.05) is 23.9 Å². The molecule has 106 valence electrons. The van der Waals surface area contributed by atoms with Crippen molar-refractivity contribution >= 4 is 28.2 Å². The van der Waals surface area contributed by atoms with Gasteiger partial charge in [-0.2, -0.15) is 0 Å². The van der Waals surface area contributed by atoms with Crippen LogP contribution in [-0.2, 0) is 0 Å². The highest BCUT2D eigenvalue weighted by atomic mass is 32.2. The summed E-state index contributed by atoms with van der Waals surface area (Å²) < 4.78 is 5.42. The lowest BCUT2D eigenvalue weighted by atomic mass is 10.1. The summed E-state index contributed by atoms with van der Waals surface area (Å²) in [5.41, 5.74) is 7.78. The summed E-state index contributed by atoms with van der Waals surface area (Å²) in [7, 11) is 1.69. The van der Waals surface area contributed by atoms with Crippen molar-refractivity contribution in [1.82, 2.24) is 4.98 Å². The predicted molar refractivity (Wildman–Crippen MR) is 88.0 cm³/mol. The highest BCUT2D eigenvalue weighted by molar-refractivity contribution is 7.99. The fourth-order valence-corrected chi connectivity index (χ4v) is 3.30. The number of rotatable bonds is 3. The Labute approximate surface area is 128 Å². The summed E-state index contributed by atoms with van der Waals surface area (Å²) in [5, 5.41) is 2.11. The van der Waals surface area contributed by atoms with Gasteiger partial charge in [0.05, 0.1) is 12.0 Å². The maximum absolute atomic E-state index is 6.05. The van der Waals surface area contributed by atoms with E-state index in [0.717, 1.165) is 37.7 Å². The summed E-state index contributed by atoms with van der Waals surface area (Å²) in [6.45, 7) is 1.99. The summed E-state index contributed by atoms with van der Waals surface area (Å²) >= 11 is 1.68. The van der Waals surface area contributed by atoms with Gasteiger partial charge in [-0.25, -0.2) is 0 Å². The molecule has 4 heteroatoms. The summed E-state index contributed by atoms with van der Waals surface area (Å²) in [6.07, 6.45) is 1.84. The Balaban J connectivity index is 2.13. The maximum atomic E-state index is 6.05. The van der Waals surface area contributed by atoms with Gasteiger partial charge in [0.15, 0.2) is 0 Å². The number of hydrogen-bond acceptors (Lipinski definition) is 4. The quantitative estimate of drug-likeness (QED) is 0.733. The van der Waals surface area contributed by atoms with Crippen molar-refractivity contribution in [2.24, 2.45) is 0 Å². The molecule has 0 radical (unpaired) electrons. The van der Waals surface area contributed by atoms with E-state index in [2.05, 4.69) is 17.1 Å².